The molecule has 1 saturated heterocycles. The number of urea groups is 2. The number of carbonyl (C=O) groups excluding carboxylic acids is 3. The molecule has 0 aromatic heterocycles. The van der Waals surface area contributed by atoms with E-state index in [1.165, 1.54) is 7.11 Å². The number of benzene rings is 2. The molecule has 1 unspecified atom stereocenters. The summed E-state index contributed by atoms with van der Waals surface area (Å²) in [6, 6.07) is 8.99. The summed E-state index contributed by atoms with van der Waals surface area (Å²) >= 11 is 0. The van der Waals surface area contributed by atoms with E-state index in [1.807, 2.05) is 25.1 Å². The van der Waals surface area contributed by atoms with E-state index in [0.29, 0.717) is 48.6 Å². The van der Waals surface area contributed by atoms with E-state index in [-0.39, 0.29) is 18.1 Å². The van der Waals surface area contributed by atoms with Crippen molar-refractivity contribution in [1.29, 1.82) is 0 Å². The lowest BCUT2D eigenvalue weighted by atomic mass is 9.86. The summed E-state index contributed by atoms with van der Waals surface area (Å²) in [5.41, 5.74) is 2.56. The van der Waals surface area contributed by atoms with Gasteiger partial charge in [-0.05, 0) is 68.1 Å². The molecule has 3 rings (SSSR count). The maximum absolute atomic E-state index is 13.5. The number of carboxylic acid groups (broad SMARTS) is 2. The maximum Gasteiger partial charge on any atom is 0.323 e. The summed E-state index contributed by atoms with van der Waals surface area (Å²) in [6.45, 7) is 3.20. The second-order valence-corrected chi connectivity index (χ2v) is 10.1. The van der Waals surface area contributed by atoms with Crippen molar-refractivity contribution in [3.8, 4) is 5.75 Å². The number of ketones is 1. The molecule has 13 heteroatoms. The molecule has 1 heterocycles. The van der Waals surface area contributed by atoms with E-state index in [2.05, 4.69) is 26.6 Å². The molecule has 1 fully saturated rings. The Bertz CT molecular complexity index is 1280. The molecule has 0 bridgehead atoms. The molecule has 0 saturated carbocycles. The number of anilines is 2. The largest absolute Gasteiger partial charge is 0.495 e. The van der Waals surface area contributed by atoms with Gasteiger partial charge in [0.1, 0.15) is 5.75 Å². The van der Waals surface area contributed by atoms with Crippen LogP contribution in [0.4, 0.5) is 21.0 Å². The van der Waals surface area contributed by atoms with E-state index < -0.39 is 48.9 Å². The maximum atomic E-state index is 13.5. The fraction of sp³-hybridized carbons (Fsp3) is 0.414. The lowest BCUT2D eigenvalue weighted by Crippen LogP contribution is -2.54. The third-order valence-corrected chi connectivity index (χ3v) is 6.95. The molecule has 1 atom stereocenters. The van der Waals surface area contributed by atoms with Gasteiger partial charge in [-0.2, -0.15) is 0 Å². The summed E-state index contributed by atoms with van der Waals surface area (Å²) in [7, 11) is 1.44. The lowest BCUT2D eigenvalue weighted by Gasteiger charge is -2.31. The standard InChI is InChI=1S/C29H37N5O8/c1-17-5-3-4-6-21(17)32-29(41)33-22-8-7-18(14-24(22)42-2)13-23(35)27(19-9-11-30-12-10-19)34-28(40)31-20(15-25(36)37)16-26(38)39/h3-8,14,19-20,27,30H,9-13,15-16H2,1-2H3,(H,36,37)(H,38,39)(H2,31,34,40)(H2,32,33,41). The number of hydrogen-bond donors (Lipinski definition) is 7. The SMILES string of the molecule is COc1cc(CC(=O)C(NC(=O)NC(CC(=O)O)CC(=O)O)C2CCNCC2)ccc1NC(=O)Nc1ccccc1C. The molecule has 1 aliphatic rings. The number of hydrogen-bond acceptors (Lipinski definition) is 7. The zero-order chi connectivity index (χ0) is 30.6. The van der Waals surface area contributed by atoms with Crippen LogP contribution in [0.1, 0.15) is 36.8 Å². The van der Waals surface area contributed by atoms with Crippen LogP contribution in [0.2, 0.25) is 0 Å². The summed E-state index contributed by atoms with van der Waals surface area (Å²) in [5, 5.41) is 31.9. The molecule has 2 aromatic carbocycles. The van der Waals surface area contributed by atoms with Crippen LogP contribution in [0.25, 0.3) is 0 Å². The predicted octanol–water partition coefficient (Wildman–Crippen LogP) is 2.74. The van der Waals surface area contributed by atoms with E-state index in [0.717, 1.165) is 5.56 Å². The Balaban J connectivity index is 1.71. The zero-order valence-corrected chi connectivity index (χ0v) is 23.6. The number of carbonyl (C=O) groups is 5. The van der Waals surface area contributed by atoms with Crippen molar-refractivity contribution < 1.29 is 38.9 Å². The van der Waals surface area contributed by atoms with Crippen molar-refractivity contribution >= 4 is 41.2 Å². The number of methoxy groups -OCH3 is 1. The third kappa shape index (κ3) is 9.77. The summed E-state index contributed by atoms with van der Waals surface area (Å²) < 4.78 is 5.45. The van der Waals surface area contributed by atoms with Gasteiger partial charge in [-0.3, -0.25) is 14.4 Å². The second kappa shape index (κ2) is 15.4. The normalized spacial score (nSPS) is 14.0. The molecule has 2 aromatic rings. The Morgan fingerprint density at radius 1 is 0.905 bits per heavy atom. The number of amides is 4. The molecule has 13 nitrogen and oxygen atoms in total. The van der Waals surface area contributed by atoms with Gasteiger partial charge in [0.15, 0.2) is 5.78 Å². The van der Waals surface area contributed by atoms with E-state index >= 15 is 0 Å². The van der Waals surface area contributed by atoms with Gasteiger partial charge in [0, 0.05) is 12.1 Å². The zero-order valence-electron chi connectivity index (χ0n) is 23.6. The highest BCUT2D eigenvalue weighted by atomic mass is 16.5. The molecular formula is C29H37N5O8. The molecule has 0 radical (unpaired) electrons. The number of ether oxygens (including phenoxy) is 1. The van der Waals surface area contributed by atoms with Gasteiger partial charge in [0.05, 0.1) is 37.7 Å². The second-order valence-electron chi connectivity index (χ2n) is 10.1. The van der Waals surface area contributed by atoms with Crippen LogP contribution in [-0.2, 0) is 20.8 Å². The molecule has 7 N–H and O–H groups in total. The number of para-hydroxylation sites is 1. The highest BCUT2D eigenvalue weighted by molar-refractivity contribution is 6.01. The van der Waals surface area contributed by atoms with Crippen LogP contribution < -0.4 is 31.3 Å². The lowest BCUT2D eigenvalue weighted by molar-refractivity contribution is -0.139. The first-order valence-corrected chi connectivity index (χ1v) is 13.6. The topological polar surface area (TPSA) is 195 Å². The van der Waals surface area contributed by atoms with Crippen LogP contribution in [0, 0.1) is 12.8 Å². The number of nitrogens with one attached hydrogen (secondary N) is 5. The smallest absolute Gasteiger partial charge is 0.323 e. The molecule has 0 aliphatic carbocycles. The minimum atomic E-state index is -1.26. The number of Topliss-reactive ketones (excluding diaryl/α,β-unsaturated/α-hetero) is 1. The van der Waals surface area contributed by atoms with Crippen LogP contribution in [0.3, 0.4) is 0 Å². The van der Waals surface area contributed by atoms with Gasteiger partial charge < -0.3 is 41.5 Å². The van der Waals surface area contributed by atoms with Gasteiger partial charge in [-0.25, -0.2) is 9.59 Å². The number of piperidine rings is 1. The van der Waals surface area contributed by atoms with E-state index in [4.69, 9.17) is 14.9 Å². The van der Waals surface area contributed by atoms with E-state index in [9.17, 15) is 24.0 Å². The fourth-order valence-corrected chi connectivity index (χ4v) is 4.85. The number of aryl methyl sites for hydroxylation is 1. The Labute approximate surface area is 243 Å². The van der Waals surface area contributed by atoms with Crippen molar-refractivity contribution in [2.75, 3.05) is 30.8 Å². The first kappa shape index (κ1) is 31.9. The fourth-order valence-electron chi connectivity index (χ4n) is 4.85. The summed E-state index contributed by atoms with van der Waals surface area (Å²) in [5.74, 6) is -2.62. The first-order valence-electron chi connectivity index (χ1n) is 13.6. The van der Waals surface area contributed by atoms with Crippen molar-refractivity contribution in [2.24, 2.45) is 5.92 Å². The number of carboxylic acids is 2. The molecule has 0 spiro atoms. The molecule has 42 heavy (non-hydrogen) atoms. The molecule has 1 aliphatic heterocycles. The quantitative estimate of drug-likeness (QED) is 0.185. The van der Waals surface area contributed by atoms with Gasteiger partial charge in [0.25, 0.3) is 0 Å². The first-order chi connectivity index (χ1) is 20.0. The Morgan fingerprint density at radius 2 is 1.55 bits per heavy atom. The predicted molar refractivity (Wildman–Crippen MR) is 155 cm³/mol. The minimum absolute atomic E-state index is 0.0470. The van der Waals surface area contributed by atoms with Crippen LogP contribution in [0.5, 0.6) is 5.75 Å². The average molecular weight is 584 g/mol. The van der Waals surface area contributed by atoms with Gasteiger partial charge in [0.2, 0.25) is 0 Å². The van der Waals surface area contributed by atoms with Gasteiger partial charge in [-0.1, -0.05) is 24.3 Å². The minimum Gasteiger partial charge on any atom is -0.495 e. The Hall–Kier alpha value is -4.65. The van der Waals surface area contributed by atoms with Gasteiger partial charge >= 0.3 is 24.0 Å². The monoisotopic (exact) mass is 583 g/mol. The van der Waals surface area contributed by atoms with Crippen molar-refractivity contribution in [3.63, 3.8) is 0 Å². The number of rotatable bonds is 13. The molecular weight excluding hydrogens is 546 g/mol. The van der Waals surface area contributed by atoms with Crippen LogP contribution in [0.15, 0.2) is 42.5 Å². The van der Waals surface area contributed by atoms with Crippen LogP contribution >= 0.6 is 0 Å². The summed E-state index contributed by atoms with van der Waals surface area (Å²) in [6.07, 6.45) is 0.0668. The Morgan fingerprint density at radius 3 is 2.17 bits per heavy atom. The van der Waals surface area contributed by atoms with E-state index in [1.54, 1.807) is 24.3 Å². The molecule has 226 valence electrons. The Kier molecular flexibility index (Phi) is 11.7. The van der Waals surface area contributed by atoms with Crippen molar-refractivity contribution in [1.82, 2.24) is 16.0 Å². The average Bonchev–Trinajstić information content (AvgIpc) is 2.93. The third-order valence-electron chi connectivity index (χ3n) is 6.95. The number of aliphatic carboxylic acids is 2. The highest BCUT2D eigenvalue weighted by Gasteiger charge is 2.32. The molecule has 4 amide bonds. The van der Waals surface area contributed by atoms with Crippen molar-refractivity contribution in [2.45, 2.75) is 51.1 Å². The highest BCUT2D eigenvalue weighted by Crippen LogP contribution is 2.27. The summed E-state index contributed by atoms with van der Waals surface area (Å²) in [4.78, 5) is 61.1. The van der Waals surface area contributed by atoms with Crippen LogP contribution in [-0.4, -0.2) is 72.3 Å². The van der Waals surface area contributed by atoms with Gasteiger partial charge in [-0.15, -0.1) is 0 Å². The van der Waals surface area contributed by atoms with Crippen molar-refractivity contribution in [3.05, 3.63) is 53.6 Å².